The van der Waals surface area contributed by atoms with E-state index in [2.05, 4.69) is 47.5 Å². The van der Waals surface area contributed by atoms with E-state index in [4.69, 9.17) is 26.7 Å². The van der Waals surface area contributed by atoms with E-state index >= 15 is 0 Å². The summed E-state index contributed by atoms with van der Waals surface area (Å²) in [5.41, 5.74) is 6.82. The zero-order chi connectivity index (χ0) is 25.6. The number of benzene rings is 4. The van der Waals surface area contributed by atoms with E-state index in [9.17, 15) is 0 Å². The summed E-state index contributed by atoms with van der Waals surface area (Å²) in [7, 11) is 0. The first-order valence-electron chi connectivity index (χ1n) is 12.5. The fraction of sp³-hybridized carbons (Fsp3) is 0.0645. The molecule has 0 fully saturated rings. The quantitative estimate of drug-likeness (QED) is 0.269. The number of amidine groups is 2. The maximum atomic E-state index is 6.31. The van der Waals surface area contributed by atoms with Crippen LogP contribution in [0.3, 0.4) is 0 Å². The van der Waals surface area contributed by atoms with Gasteiger partial charge in [0.25, 0.3) is 0 Å². The number of aromatic nitrogens is 2. The maximum absolute atomic E-state index is 6.31. The number of rotatable bonds is 3. The number of halogens is 1. The van der Waals surface area contributed by atoms with Crippen LogP contribution in [0.2, 0.25) is 5.02 Å². The van der Waals surface area contributed by atoms with Crippen molar-refractivity contribution in [2.24, 2.45) is 9.98 Å². The van der Waals surface area contributed by atoms with Gasteiger partial charge in [0.15, 0.2) is 17.5 Å². The van der Waals surface area contributed by atoms with Crippen molar-refractivity contribution in [3.63, 3.8) is 0 Å². The molecule has 1 N–H and O–H groups in total. The highest BCUT2D eigenvalue weighted by Gasteiger charge is 2.41. The lowest BCUT2D eigenvalue weighted by Crippen LogP contribution is -2.46. The Hall–Kier alpha value is -4.68. The van der Waals surface area contributed by atoms with Crippen molar-refractivity contribution in [1.29, 1.82) is 0 Å². The monoisotopic (exact) mass is 514 g/mol. The van der Waals surface area contributed by atoms with Gasteiger partial charge in [0.2, 0.25) is 0 Å². The number of aryl methyl sites for hydroxylation is 1. The zero-order valence-electron chi connectivity index (χ0n) is 20.6. The Morgan fingerprint density at radius 1 is 0.789 bits per heavy atom. The first kappa shape index (κ1) is 22.5. The van der Waals surface area contributed by atoms with E-state index in [0.717, 1.165) is 51.2 Å². The first-order chi connectivity index (χ1) is 18.7. The Morgan fingerprint density at radius 2 is 1.53 bits per heavy atom. The van der Waals surface area contributed by atoms with E-state index in [0.29, 0.717) is 10.9 Å². The highest BCUT2D eigenvalue weighted by molar-refractivity contribution is 6.51. The normalized spacial score (nSPS) is 15.6. The van der Waals surface area contributed by atoms with Gasteiger partial charge in [-0.3, -0.25) is 0 Å². The van der Waals surface area contributed by atoms with Crippen molar-refractivity contribution < 1.29 is 0 Å². The van der Waals surface area contributed by atoms with Crippen LogP contribution in [0.1, 0.15) is 22.9 Å². The molecule has 0 amide bonds. The van der Waals surface area contributed by atoms with Gasteiger partial charge in [0, 0.05) is 16.3 Å². The van der Waals surface area contributed by atoms with Gasteiger partial charge in [-0.05, 0) is 55.0 Å². The van der Waals surface area contributed by atoms with Crippen LogP contribution < -0.4 is 10.2 Å². The largest absolute Gasteiger partial charge is 0.337 e. The number of nitrogens with zero attached hydrogens (tertiary/aromatic N) is 5. The molecule has 0 saturated heterocycles. The molecule has 184 valence electrons. The third-order valence-electron chi connectivity index (χ3n) is 6.84. The number of nitrogens with one attached hydrogen (secondary N) is 1. The van der Waals surface area contributed by atoms with Crippen LogP contribution in [0.25, 0.3) is 5.69 Å². The molecule has 5 aromatic rings. The molecular formula is C31H23ClN6. The Kier molecular flexibility index (Phi) is 5.34. The Bertz CT molecular complexity index is 1720. The summed E-state index contributed by atoms with van der Waals surface area (Å²) in [6.45, 7) is 2.06. The summed E-state index contributed by atoms with van der Waals surface area (Å²) in [6.07, 6.45) is 0. The minimum absolute atomic E-state index is 0.149. The predicted octanol–water partition coefficient (Wildman–Crippen LogP) is 7.63. The van der Waals surface area contributed by atoms with Gasteiger partial charge in [-0.2, -0.15) is 5.10 Å². The zero-order valence-corrected chi connectivity index (χ0v) is 21.3. The first-order valence-corrected chi connectivity index (χ1v) is 12.8. The Balaban J connectivity index is 1.50. The average Bonchev–Trinajstić information content (AvgIpc) is 3.29. The molecule has 0 unspecified atom stereocenters. The van der Waals surface area contributed by atoms with Crippen molar-refractivity contribution in [1.82, 2.24) is 9.78 Å². The second-order valence-electron chi connectivity index (χ2n) is 9.27. The van der Waals surface area contributed by atoms with Crippen LogP contribution >= 0.6 is 11.6 Å². The van der Waals surface area contributed by atoms with Gasteiger partial charge in [-0.1, -0.05) is 78.3 Å². The molecule has 7 heteroatoms. The molecule has 1 atom stereocenters. The molecule has 0 aliphatic carbocycles. The van der Waals surface area contributed by atoms with Crippen LogP contribution in [0.5, 0.6) is 0 Å². The van der Waals surface area contributed by atoms with Crippen molar-refractivity contribution >= 4 is 46.2 Å². The molecule has 2 aliphatic heterocycles. The number of anilines is 2. The molecule has 0 bridgehead atoms. The van der Waals surface area contributed by atoms with Crippen molar-refractivity contribution in [3.05, 3.63) is 131 Å². The van der Waals surface area contributed by atoms with Crippen LogP contribution in [0.15, 0.2) is 119 Å². The molecule has 4 aromatic carbocycles. The molecule has 38 heavy (non-hydrogen) atoms. The summed E-state index contributed by atoms with van der Waals surface area (Å²) in [5, 5.41) is 9.12. The van der Waals surface area contributed by atoms with Crippen LogP contribution in [0.4, 0.5) is 22.9 Å². The van der Waals surface area contributed by atoms with Crippen LogP contribution in [0, 0.1) is 6.92 Å². The summed E-state index contributed by atoms with van der Waals surface area (Å²) < 4.78 is 1.93. The van der Waals surface area contributed by atoms with Gasteiger partial charge in [0.05, 0.1) is 28.8 Å². The topological polar surface area (TPSA) is 57.8 Å². The Labute approximate surface area is 225 Å². The summed E-state index contributed by atoms with van der Waals surface area (Å²) in [6, 6.07) is 36.3. The lowest BCUT2D eigenvalue weighted by molar-refractivity contribution is 0.815. The van der Waals surface area contributed by atoms with E-state index < -0.39 is 0 Å². The third-order valence-corrected chi connectivity index (χ3v) is 7.08. The van der Waals surface area contributed by atoms with Gasteiger partial charge in [-0.15, -0.1) is 0 Å². The molecule has 0 saturated carbocycles. The van der Waals surface area contributed by atoms with Crippen molar-refractivity contribution in [2.75, 3.05) is 10.2 Å². The molecule has 0 spiro atoms. The predicted molar refractivity (Wildman–Crippen MR) is 155 cm³/mol. The standard InChI is InChI=1S/C31H23ClN6/c1-20-27-28(21-11-4-2-5-12-21)37-26-18-9-8-17-25(26)34-29(33-23-14-10-13-22(32)19-23)31(37)35-30(27)38(36-20)24-15-6-3-7-16-24/h2-19,28H,1H3,(H,33,34)/t28-/m1/s1. The molecule has 2 aliphatic rings. The van der Waals surface area contributed by atoms with Crippen LogP contribution in [-0.4, -0.2) is 21.5 Å². The number of aliphatic imine (C=N–C) groups is 2. The Morgan fingerprint density at radius 3 is 2.32 bits per heavy atom. The molecule has 0 radical (unpaired) electrons. The number of hydrogen-bond donors (Lipinski definition) is 1. The highest BCUT2D eigenvalue weighted by atomic mass is 35.5. The third kappa shape index (κ3) is 3.69. The fourth-order valence-electron chi connectivity index (χ4n) is 5.20. The van der Waals surface area contributed by atoms with E-state index in [1.807, 2.05) is 83.5 Å². The highest BCUT2D eigenvalue weighted by Crippen LogP contribution is 2.48. The second-order valence-corrected chi connectivity index (χ2v) is 9.71. The van der Waals surface area contributed by atoms with Crippen molar-refractivity contribution in [3.8, 4) is 5.69 Å². The SMILES string of the molecule is Cc1nn(-c2ccccc2)c2c1[C@@H](c1ccccc1)N1C(=N2)C(Nc2cccc(Cl)c2)=Nc2ccccc21. The van der Waals surface area contributed by atoms with E-state index in [1.54, 1.807) is 0 Å². The van der Waals surface area contributed by atoms with E-state index in [-0.39, 0.29) is 6.04 Å². The van der Waals surface area contributed by atoms with Crippen LogP contribution in [-0.2, 0) is 0 Å². The molecule has 6 nitrogen and oxygen atoms in total. The van der Waals surface area contributed by atoms with E-state index in [1.165, 1.54) is 0 Å². The molecule has 7 rings (SSSR count). The molecule has 1 aromatic heterocycles. The lowest BCUT2D eigenvalue weighted by Gasteiger charge is -2.40. The molecular weight excluding hydrogens is 492 g/mol. The van der Waals surface area contributed by atoms with Gasteiger partial charge < -0.3 is 10.2 Å². The lowest BCUT2D eigenvalue weighted by atomic mass is 9.93. The summed E-state index contributed by atoms with van der Waals surface area (Å²) >= 11 is 6.31. The number of fused-ring (bicyclic) bond motifs is 4. The number of hydrogen-bond acceptors (Lipinski definition) is 5. The van der Waals surface area contributed by atoms with Gasteiger partial charge in [0.1, 0.15) is 0 Å². The fourth-order valence-corrected chi connectivity index (χ4v) is 5.39. The summed E-state index contributed by atoms with van der Waals surface area (Å²) in [4.78, 5) is 12.6. The van der Waals surface area contributed by atoms with Gasteiger partial charge >= 0.3 is 0 Å². The minimum atomic E-state index is -0.149. The smallest absolute Gasteiger partial charge is 0.179 e. The second kappa shape index (κ2) is 9.01. The summed E-state index contributed by atoms with van der Waals surface area (Å²) in [5.74, 6) is 2.17. The molecule has 3 heterocycles. The van der Waals surface area contributed by atoms with Gasteiger partial charge in [-0.25, -0.2) is 14.7 Å². The minimum Gasteiger partial charge on any atom is -0.337 e. The average molecular weight is 515 g/mol. The van der Waals surface area contributed by atoms with Crippen molar-refractivity contribution in [2.45, 2.75) is 13.0 Å². The maximum Gasteiger partial charge on any atom is 0.179 e. The number of para-hydroxylation sites is 3.